The first-order valence-corrected chi connectivity index (χ1v) is 12.5. The third kappa shape index (κ3) is 3.27. The van der Waals surface area contributed by atoms with Gasteiger partial charge in [0.25, 0.3) is 0 Å². The molecule has 0 bridgehead atoms. The summed E-state index contributed by atoms with van der Waals surface area (Å²) in [6.45, 7) is 0. The molecule has 0 fully saturated rings. The van der Waals surface area contributed by atoms with Crippen molar-refractivity contribution in [1.29, 1.82) is 0 Å². The first kappa shape index (κ1) is 22.8. The Morgan fingerprint density at radius 1 is 0.333 bits per heavy atom. The van der Waals surface area contributed by atoms with Gasteiger partial charge in [-0.25, -0.2) is 0 Å². The van der Waals surface area contributed by atoms with Crippen LogP contribution in [0.25, 0.3) is 0 Å². The highest BCUT2D eigenvalue weighted by Crippen LogP contribution is 2.44. The second kappa shape index (κ2) is 8.57. The van der Waals surface area contributed by atoms with Crippen molar-refractivity contribution in [2.45, 2.75) is 0 Å². The molecule has 5 heteroatoms. The van der Waals surface area contributed by atoms with Gasteiger partial charge in [0.05, 0.1) is 22.5 Å². The van der Waals surface area contributed by atoms with E-state index < -0.39 is 0 Å². The smallest absolute Gasteiger partial charge is 0.196 e. The highest BCUT2D eigenvalue weighted by molar-refractivity contribution is 6.32. The molecule has 0 amide bonds. The van der Waals surface area contributed by atoms with Crippen molar-refractivity contribution in [2.75, 3.05) is 4.90 Å². The largest absolute Gasteiger partial charge is 0.309 e. The normalized spacial score (nSPS) is 13.3. The van der Waals surface area contributed by atoms with Gasteiger partial charge in [-0.1, -0.05) is 91.0 Å². The molecule has 0 saturated heterocycles. The predicted octanol–water partition coefficient (Wildman–Crippen LogP) is 6.71. The summed E-state index contributed by atoms with van der Waals surface area (Å²) >= 11 is 0. The van der Waals surface area contributed by atoms with Gasteiger partial charge in [0, 0.05) is 39.1 Å². The Hall–Kier alpha value is -5.42. The first-order valence-electron chi connectivity index (χ1n) is 12.5. The van der Waals surface area contributed by atoms with E-state index in [2.05, 4.69) is 0 Å². The van der Waals surface area contributed by atoms with Gasteiger partial charge in [-0.15, -0.1) is 0 Å². The second-order valence-corrected chi connectivity index (χ2v) is 9.48. The topological polar surface area (TPSA) is 71.5 Å². The molecule has 5 nitrogen and oxygen atoms in total. The van der Waals surface area contributed by atoms with E-state index in [9.17, 15) is 19.2 Å². The van der Waals surface area contributed by atoms with Crippen LogP contribution in [0.15, 0.2) is 115 Å². The summed E-state index contributed by atoms with van der Waals surface area (Å²) in [5, 5.41) is 0. The molecule has 0 heterocycles. The molecule has 5 aromatic rings. The lowest BCUT2D eigenvalue weighted by Gasteiger charge is -2.32. The van der Waals surface area contributed by atoms with Crippen LogP contribution >= 0.6 is 0 Å². The molecule has 7 rings (SSSR count). The summed E-state index contributed by atoms with van der Waals surface area (Å²) in [5.74, 6) is -1.00. The molecule has 0 spiro atoms. The minimum absolute atomic E-state index is 0.231. The Morgan fingerprint density at radius 3 is 1.13 bits per heavy atom. The Morgan fingerprint density at radius 2 is 0.692 bits per heavy atom. The van der Waals surface area contributed by atoms with E-state index >= 15 is 0 Å². The van der Waals surface area contributed by atoms with Crippen LogP contribution in [-0.4, -0.2) is 23.1 Å². The van der Waals surface area contributed by atoms with E-state index in [1.807, 2.05) is 30.3 Å². The van der Waals surface area contributed by atoms with Gasteiger partial charge in [-0.2, -0.15) is 0 Å². The number of carbonyl (C=O) groups excluding carboxylic acids is 4. The lowest BCUT2D eigenvalue weighted by molar-refractivity contribution is 0.0979. The van der Waals surface area contributed by atoms with Crippen LogP contribution in [0.4, 0.5) is 17.1 Å². The summed E-state index contributed by atoms with van der Waals surface area (Å²) in [6.07, 6.45) is 0. The van der Waals surface area contributed by atoms with Crippen molar-refractivity contribution in [3.05, 3.63) is 160 Å². The van der Waals surface area contributed by atoms with Gasteiger partial charge in [0.2, 0.25) is 0 Å². The van der Waals surface area contributed by atoms with Gasteiger partial charge in [-0.3, -0.25) is 19.2 Å². The molecule has 0 N–H and O–H groups in total. The zero-order valence-electron chi connectivity index (χ0n) is 20.5. The molecule has 2 aliphatic carbocycles. The van der Waals surface area contributed by atoms with Gasteiger partial charge < -0.3 is 4.90 Å². The van der Waals surface area contributed by atoms with Crippen LogP contribution in [0.3, 0.4) is 0 Å². The van der Waals surface area contributed by atoms with Gasteiger partial charge in [-0.05, 0) is 24.3 Å². The number of carbonyl (C=O) groups is 4. The first-order chi connectivity index (χ1) is 19.1. The molecule has 0 aliphatic heterocycles. The van der Waals surface area contributed by atoms with Gasteiger partial charge in [0.1, 0.15) is 0 Å². The average Bonchev–Trinajstić information content (AvgIpc) is 2.99. The molecular weight excluding hydrogens is 486 g/mol. The molecule has 0 saturated carbocycles. The highest BCUT2D eigenvalue weighted by Gasteiger charge is 2.36. The maximum Gasteiger partial charge on any atom is 0.196 e. The summed E-state index contributed by atoms with van der Waals surface area (Å²) in [6, 6.07) is 33.3. The zero-order valence-corrected chi connectivity index (χ0v) is 20.5. The van der Waals surface area contributed by atoms with Gasteiger partial charge in [0.15, 0.2) is 23.1 Å². The Bertz CT molecular complexity index is 1770. The number of anilines is 3. The number of benzene rings is 5. The quantitative estimate of drug-likeness (QED) is 0.267. The molecule has 0 unspecified atom stereocenters. The van der Waals surface area contributed by atoms with Crippen LogP contribution < -0.4 is 4.90 Å². The highest BCUT2D eigenvalue weighted by atomic mass is 16.1. The zero-order chi connectivity index (χ0) is 26.7. The molecule has 39 heavy (non-hydrogen) atoms. The van der Waals surface area contributed by atoms with Crippen LogP contribution in [0.5, 0.6) is 0 Å². The number of para-hydroxylation sites is 1. The fraction of sp³-hybridized carbons (Fsp3) is 0. The SMILES string of the molecule is O=C1c2ccccc2C(=O)c2c1cccc2N(c1ccccc1)c1cccc2c1C(=O)c1ccccc1C2=O. The number of rotatable bonds is 3. The van der Waals surface area contributed by atoms with E-state index in [0.717, 1.165) is 0 Å². The minimum atomic E-state index is -0.269. The van der Waals surface area contributed by atoms with E-state index in [1.165, 1.54) is 0 Å². The standard InChI is InChI=1S/C34H19NO4/c36-31-21-12-4-6-14-23(21)33(38)29-25(31)16-8-18-27(29)35(20-10-2-1-3-11-20)28-19-9-17-26-30(28)34(39)24-15-7-5-13-22(24)32(26)37/h1-19H. The van der Waals surface area contributed by atoms with Crippen LogP contribution in [0.2, 0.25) is 0 Å². The molecule has 5 aromatic carbocycles. The monoisotopic (exact) mass is 505 g/mol. The number of nitrogens with zero attached hydrogens (tertiary/aromatic N) is 1. The maximum absolute atomic E-state index is 13.9. The molecule has 0 radical (unpaired) electrons. The molecule has 2 aliphatic rings. The molecular formula is C34H19NO4. The van der Waals surface area contributed by atoms with Crippen molar-refractivity contribution in [1.82, 2.24) is 0 Å². The summed E-state index contributed by atoms with van der Waals surface area (Å²) in [4.78, 5) is 56.6. The lowest BCUT2D eigenvalue weighted by atomic mass is 9.81. The summed E-state index contributed by atoms with van der Waals surface area (Å²) < 4.78 is 0. The van der Waals surface area contributed by atoms with Crippen LogP contribution in [-0.2, 0) is 0 Å². The fourth-order valence-electron chi connectivity index (χ4n) is 5.61. The summed E-state index contributed by atoms with van der Waals surface area (Å²) in [7, 11) is 0. The number of hydrogen-bond acceptors (Lipinski definition) is 5. The van der Waals surface area contributed by atoms with Crippen molar-refractivity contribution in [2.24, 2.45) is 0 Å². The van der Waals surface area contributed by atoms with Crippen molar-refractivity contribution in [3.63, 3.8) is 0 Å². The number of hydrogen-bond donors (Lipinski definition) is 0. The minimum Gasteiger partial charge on any atom is -0.309 e. The Labute approximate surface area is 224 Å². The predicted molar refractivity (Wildman–Crippen MR) is 148 cm³/mol. The van der Waals surface area contributed by atoms with E-state index in [4.69, 9.17) is 0 Å². The molecule has 0 aromatic heterocycles. The van der Waals surface area contributed by atoms with E-state index in [0.29, 0.717) is 50.4 Å². The van der Waals surface area contributed by atoms with Gasteiger partial charge >= 0.3 is 0 Å². The van der Waals surface area contributed by atoms with E-state index in [-0.39, 0.29) is 34.3 Å². The van der Waals surface area contributed by atoms with E-state index in [1.54, 1.807) is 89.8 Å². The third-order valence-corrected chi connectivity index (χ3v) is 7.36. The molecule has 184 valence electrons. The number of ketones is 4. The van der Waals surface area contributed by atoms with Crippen LogP contribution in [0.1, 0.15) is 63.7 Å². The number of fused-ring (bicyclic) bond motifs is 4. The molecule has 0 atom stereocenters. The summed E-state index contributed by atoms with van der Waals surface area (Å²) in [5.41, 5.74) is 4.13. The average molecular weight is 506 g/mol. The second-order valence-electron chi connectivity index (χ2n) is 9.48. The Kier molecular flexibility index (Phi) is 5.00. The van der Waals surface area contributed by atoms with Crippen molar-refractivity contribution in [3.8, 4) is 0 Å². The Balaban J connectivity index is 1.52. The van der Waals surface area contributed by atoms with Crippen LogP contribution in [0, 0.1) is 0 Å². The lowest BCUT2D eigenvalue weighted by Crippen LogP contribution is -2.27. The maximum atomic E-state index is 13.9. The third-order valence-electron chi connectivity index (χ3n) is 7.36. The fourth-order valence-corrected chi connectivity index (χ4v) is 5.61. The van der Waals surface area contributed by atoms with Crippen molar-refractivity contribution >= 4 is 40.2 Å². The van der Waals surface area contributed by atoms with Crippen molar-refractivity contribution < 1.29 is 19.2 Å².